The number of ether oxygens (including phenoxy) is 1. The highest BCUT2D eigenvalue weighted by Gasteiger charge is 2.23. The fourth-order valence-corrected chi connectivity index (χ4v) is 5.68. The summed E-state index contributed by atoms with van der Waals surface area (Å²) in [5.41, 5.74) is 6.54. The zero-order valence-corrected chi connectivity index (χ0v) is 17.9. The Labute approximate surface area is 180 Å². The van der Waals surface area contributed by atoms with Crippen molar-refractivity contribution in [2.45, 2.75) is 30.8 Å². The Morgan fingerprint density at radius 1 is 1.33 bits per heavy atom. The summed E-state index contributed by atoms with van der Waals surface area (Å²) in [5, 5.41) is 3.06. The number of aromatic nitrogens is 2. The number of benzene rings is 1. The summed E-state index contributed by atoms with van der Waals surface area (Å²) in [6, 6.07) is 6.22. The van der Waals surface area contributed by atoms with Crippen molar-refractivity contribution in [3.63, 3.8) is 0 Å². The first kappa shape index (κ1) is 20.4. The molecule has 0 bridgehead atoms. The van der Waals surface area contributed by atoms with E-state index in [4.69, 9.17) is 15.5 Å². The van der Waals surface area contributed by atoms with E-state index in [2.05, 4.69) is 0 Å². The Morgan fingerprint density at radius 2 is 2.13 bits per heavy atom. The second-order valence-corrected chi connectivity index (χ2v) is 8.85. The quantitative estimate of drug-likeness (QED) is 0.462. The molecule has 0 saturated heterocycles. The molecule has 2 heterocycles. The van der Waals surface area contributed by atoms with Crippen LogP contribution in [0, 0.1) is 0 Å². The highest BCUT2D eigenvalue weighted by Crippen LogP contribution is 2.35. The maximum Gasteiger partial charge on any atom is 0.318 e. The molecule has 2 aromatic heterocycles. The van der Waals surface area contributed by atoms with Crippen LogP contribution in [0.2, 0.25) is 0 Å². The predicted molar refractivity (Wildman–Crippen MR) is 117 cm³/mol. The van der Waals surface area contributed by atoms with Crippen LogP contribution in [0.5, 0.6) is 5.75 Å². The van der Waals surface area contributed by atoms with Gasteiger partial charge in [-0.15, -0.1) is 11.3 Å². The molecule has 0 atom stereocenters. The molecule has 0 radical (unpaired) electrons. The molecule has 1 aliphatic carbocycles. The number of thioether (sulfide) groups is 1. The number of primary amides is 1. The van der Waals surface area contributed by atoms with Gasteiger partial charge in [-0.25, -0.2) is 9.78 Å². The van der Waals surface area contributed by atoms with Crippen LogP contribution in [-0.2, 0) is 17.6 Å². The monoisotopic (exact) mass is 444 g/mol. The normalized spacial score (nSPS) is 13.1. The largest absolute Gasteiger partial charge is 0.497 e. The van der Waals surface area contributed by atoms with E-state index in [9.17, 15) is 14.4 Å². The van der Waals surface area contributed by atoms with Gasteiger partial charge < -0.3 is 10.5 Å². The number of rotatable bonds is 5. The van der Waals surface area contributed by atoms with Gasteiger partial charge in [-0.05, 0) is 43.4 Å². The summed E-state index contributed by atoms with van der Waals surface area (Å²) in [6.45, 7) is 0. The van der Waals surface area contributed by atoms with Gasteiger partial charge in [0.1, 0.15) is 10.6 Å². The summed E-state index contributed by atoms with van der Waals surface area (Å²) in [6.07, 6.45) is 4.00. The van der Waals surface area contributed by atoms with Crippen molar-refractivity contribution in [1.82, 2.24) is 14.9 Å². The van der Waals surface area contributed by atoms with Crippen molar-refractivity contribution in [2.75, 3.05) is 12.9 Å². The number of hydrogen-bond donors (Lipinski definition) is 2. The number of amides is 3. The standard InChI is InChI=1S/C20H20N4O4S2/c1-28-12-6-4-5-11(9-12)24-18(26)16-13-7-2-3-8-14(13)30-17(16)23-20(24)29-10-15(25)22-19(21)27/h4-6,9H,2-3,7-8,10H2,1H3,(H3,21,22,25,27). The maximum atomic E-state index is 13.6. The number of hydrogen-bond acceptors (Lipinski definition) is 7. The lowest BCUT2D eigenvalue weighted by Crippen LogP contribution is -2.36. The molecule has 156 valence electrons. The molecule has 30 heavy (non-hydrogen) atoms. The van der Waals surface area contributed by atoms with Crippen molar-refractivity contribution in [3.8, 4) is 11.4 Å². The van der Waals surface area contributed by atoms with Gasteiger partial charge in [0.2, 0.25) is 5.91 Å². The van der Waals surface area contributed by atoms with Gasteiger partial charge in [0.25, 0.3) is 5.56 Å². The minimum atomic E-state index is -0.917. The van der Waals surface area contributed by atoms with E-state index < -0.39 is 11.9 Å². The lowest BCUT2D eigenvalue weighted by atomic mass is 9.97. The SMILES string of the molecule is COc1cccc(-n2c(SCC(=O)NC(N)=O)nc3sc4c(c3c2=O)CCCC4)c1. The van der Waals surface area contributed by atoms with Crippen molar-refractivity contribution in [2.24, 2.45) is 5.73 Å². The fourth-order valence-electron chi connectivity index (χ4n) is 3.56. The third kappa shape index (κ3) is 3.92. The summed E-state index contributed by atoms with van der Waals surface area (Å²) in [4.78, 5) is 43.1. The second-order valence-electron chi connectivity index (χ2n) is 6.83. The molecular weight excluding hydrogens is 424 g/mol. The summed E-state index contributed by atoms with van der Waals surface area (Å²) < 4.78 is 6.81. The number of nitrogens with two attached hydrogens (primary N) is 1. The molecular formula is C20H20N4O4S2. The lowest BCUT2D eigenvalue weighted by molar-refractivity contribution is -0.117. The Balaban J connectivity index is 1.86. The average molecular weight is 445 g/mol. The first-order chi connectivity index (χ1) is 14.5. The van der Waals surface area contributed by atoms with Crippen molar-refractivity contribution >= 4 is 45.3 Å². The minimum Gasteiger partial charge on any atom is -0.497 e. The topological polar surface area (TPSA) is 116 Å². The number of imide groups is 1. The van der Waals surface area contributed by atoms with Crippen LogP contribution in [0.15, 0.2) is 34.2 Å². The molecule has 0 unspecified atom stereocenters. The van der Waals surface area contributed by atoms with Crippen LogP contribution in [0.25, 0.3) is 15.9 Å². The first-order valence-electron chi connectivity index (χ1n) is 9.41. The van der Waals surface area contributed by atoms with Gasteiger partial charge in [-0.2, -0.15) is 0 Å². The number of carbonyl (C=O) groups excluding carboxylic acids is 2. The number of urea groups is 1. The molecule has 4 rings (SSSR count). The third-order valence-electron chi connectivity index (χ3n) is 4.86. The van der Waals surface area contributed by atoms with E-state index in [1.165, 1.54) is 9.44 Å². The van der Waals surface area contributed by atoms with Crippen LogP contribution in [-0.4, -0.2) is 34.4 Å². The molecule has 8 nitrogen and oxygen atoms in total. The predicted octanol–water partition coefficient (Wildman–Crippen LogP) is 2.62. The molecule has 0 saturated carbocycles. The van der Waals surface area contributed by atoms with Gasteiger partial charge in [0, 0.05) is 10.9 Å². The molecule has 1 aromatic carbocycles. The summed E-state index contributed by atoms with van der Waals surface area (Å²) >= 11 is 2.63. The number of carbonyl (C=O) groups is 2. The van der Waals surface area contributed by atoms with Crippen LogP contribution in [0.4, 0.5) is 4.79 Å². The van der Waals surface area contributed by atoms with Gasteiger partial charge in [-0.3, -0.25) is 19.5 Å². The van der Waals surface area contributed by atoms with E-state index >= 15 is 0 Å². The molecule has 0 fully saturated rings. The van der Waals surface area contributed by atoms with E-state index in [-0.39, 0.29) is 11.3 Å². The summed E-state index contributed by atoms with van der Waals surface area (Å²) in [7, 11) is 1.56. The number of methoxy groups -OCH3 is 1. The first-order valence-corrected chi connectivity index (χ1v) is 11.2. The highest BCUT2D eigenvalue weighted by atomic mass is 32.2. The van der Waals surface area contributed by atoms with Gasteiger partial charge in [0.15, 0.2) is 5.16 Å². The van der Waals surface area contributed by atoms with Crippen molar-refractivity contribution in [1.29, 1.82) is 0 Å². The van der Waals surface area contributed by atoms with E-state index in [1.807, 2.05) is 5.32 Å². The average Bonchev–Trinajstić information content (AvgIpc) is 3.10. The van der Waals surface area contributed by atoms with Crippen LogP contribution in [0.3, 0.4) is 0 Å². The number of nitrogens with zero attached hydrogens (tertiary/aromatic N) is 2. The number of thiophene rings is 1. The fraction of sp³-hybridized carbons (Fsp3) is 0.300. The van der Waals surface area contributed by atoms with Crippen LogP contribution in [0.1, 0.15) is 23.3 Å². The smallest absolute Gasteiger partial charge is 0.318 e. The van der Waals surface area contributed by atoms with Gasteiger partial charge in [-0.1, -0.05) is 17.8 Å². The minimum absolute atomic E-state index is 0.101. The molecule has 1 aliphatic rings. The molecule has 0 spiro atoms. The second kappa shape index (κ2) is 8.49. The molecule has 3 amide bonds. The number of aryl methyl sites for hydroxylation is 2. The summed E-state index contributed by atoms with van der Waals surface area (Å²) in [5.74, 6) is -0.0468. The Hall–Kier alpha value is -2.85. The zero-order valence-electron chi connectivity index (χ0n) is 16.3. The van der Waals surface area contributed by atoms with Gasteiger partial charge >= 0.3 is 6.03 Å². The third-order valence-corrected chi connectivity index (χ3v) is 6.99. The molecule has 3 N–H and O–H groups in total. The molecule has 10 heteroatoms. The van der Waals surface area contributed by atoms with E-state index in [0.717, 1.165) is 43.0 Å². The van der Waals surface area contributed by atoms with Gasteiger partial charge in [0.05, 0.1) is 23.9 Å². The zero-order chi connectivity index (χ0) is 21.3. The van der Waals surface area contributed by atoms with Crippen LogP contribution < -0.4 is 21.3 Å². The van der Waals surface area contributed by atoms with Crippen molar-refractivity contribution in [3.05, 3.63) is 45.1 Å². The lowest BCUT2D eigenvalue weighted by Gasteiger charge is -2.14. The Morgan fingerprint density at radius 3 is 2.90 bits per heavy atom. The molecule has 0 aliphatic heterocycles. The molecule has 3 aromatic rings. The van der Waals surface area contributed by atoms with Crippen LogP contribution >= 0.6 is 23.1 Å². The Bertz CT molecular complexity index is 1200. The Kier molecular flexibility index (Phi) is 5.78. The number of fused-ring (bicyclic) bond motifs is 3. The van der Waals surface area contributed by atoms with Crippen molar-refractivity contribution < 1.29 is 14.3 Å². The maximum absolute atomic E-state index is 13.6. The number of nitrogens with one attached hydrogen (secondary N) is 1. The highest BCUT2D eigenvalue weighted by molar-refractivity contribution is 7.99. The van der Waals surface area contributed by atoms with E-state index in [0.29, 0.717) is 26.8 Å². The van der Waals surface area contributed by atoms with E-state index in [1.54, 1.807) is 42.7 Å².